The molecule has 0 aromatic carbocycles. The van der Waals surface area contributed by atoms with Crippen molar-refractivity contribution in [2.24, 2.45) is 22.7 Å². The van der Waals surface area contributed by atoms with Crippen LogP contribution in [0, 0.1) is 11.8 Å². The van der Waals surface area contributed by atoms with Gasteiger partial charge in [0.2, 0.25) is 5.91 Å². The molecule has 0 spiro atoms. The number of ether oxygens (including phenoxy) is 2. The van der Waals surface area contributed by atoms with E-state index in [9.17, 15) is 4.79 Å². The van der Waals surface area contributed by atoms with Crippen molar-refractivity contribution >= 4 is 11.7 Å². The minimum atomic E-state index is -0.539. The van der Waals surface area contributed by atoms with Gasteiger partial charge in [0.25, 0.3) is 0 Å². The van der Waals surface area contributed by atoms with Gasteiger partial charge in [0.1, 0.15) is 6.10 Å². The fourth-order valence-corrected chi connectivity index (χ4v) is 3.00. The highest BCUT2D eigenvalue weighted by molar-refractivity contribution is 5.86. The SMILES string of the molecule is CC1OC(C)C(C(=O)N2CCOC(C(N)=NO)C2)C1C. The fourth-order valence-electron chi connectivity index (χ4n) is 3.00. The molecule has 0 radical (unpaired) electrons. The number of hydrogen-bond acceptors (Lipinski definition) is 5. The number of amides is 1. The van der Waals surface area contributed by atoms with Gasteiger partial charge in [-0.3, -0.25) is 4.79 Å². The molecule has 0 aliphatic carbocycles. The van der Waals surface area contributed by atoms with Crippen LogP contribution in [0.2, 0.25) is 0 Å². The molecule has 0 aromatic heterocycles. The number of rotatable bonds is 2. The summed E-state index contributed by atoms with van der Waals surface area (Å²) in [4.78, 5) is 14.4. The van der Waals surface area contributed by atoms with Crippen molar-refractivity contribution in [1.29, 1.82) is 0 Å². The van der Waals surface area contributed by atoms with Crippen molar-refractivity contribution in [3.63, 3.8) is 0 Å². The van der Waals surface area contributed by atoms with E-state index < -0.39 is 6.10 Å². The van der Waals surface area contributed by atoms with E-state index in [0.717, 1.165) is 0 Å². The Balaban J connectivity index is 2.05. The van der Waals surface area contributed by atoms with Crippen molar-refractivity contribution in [1.82, 2.24) is 4.90 Å². The predicted molar refractivity (Wildman–Crippen MR) is 72.4 cm³/mol. The largest absolute Gasteiger partial charge is 0.409 e. The molecular weight excluding hydrogens is 262 g/mol. The van der Waals surface area contributed by atoms with Crippen LogP contribution in [-0.4, -0.2) is 59.9 Å². The number of carbonyl (C=O) groups excluding carboxylic acids is 1. The van der Waals surface area contributed by atoms with Gasteiger partial charge in [0.15, 0.2) is 5.84 Å². The first kappa shape index (κ1) is 15.1. The summed E-state index contributed by atoms with van der Waals surface area (Å²) in [5, 5.41) is 11.7. The molecule has 2 rings (SSSR count). The summed E-state index contributed by atoms with van der Waals surface area (Å²) in [6.07, 6.45) is -0.541. The highest BCUT2D eigenvalue weighted by atomic mass is 16.5. The molecule has 2 saturated heterocycles. The minimum Gasteiger partial charge on any atom is -0.409 e. The van der Waals surface area contributed by atoms with Crippen LogP contribution in [-0.2, 0) is 14.3 Å². The Morgan fingerprint density at radius 3 is 2.60 bits per heavy atom. The normalized spacial score (nSPS) is 39.0. The Hall–Kier alpha value is -1.34. The third kappa shape index (κ3) is 2.73. The molecule has 5 atom stereocenters. The summed E-state index contributed by atoms with van der Waals surface area (Å²) < 4.78 is 11.1. The summed E-state index contributed by atoms with van der Waals surface area (Å²) in [7, 11) is 0. The van der Waals surface area contributed by atoms with E-state index in [1.54, 1.807) is 4.90 Å². The van der Waals surface area contributed by atoms with Crippen LogP contribution in [0.5, 0.6) is 0 Å². The topological polar surface area (TPSA) is 97.4 Å². The monoisotopic (exact) mass is 285 g/mol. The molecule has 0 saturated carbocycles. The average Bonchev–Trinajstić information content (AvgIpc) is 2.70. The molecule has 2 heterocycles. The molecule has 2 aliphatic heterocycles. The molecule has 0 bridgehead atoms. The molecule has 2 aliphatic rings. The molecular formula is C13H23N3O4. The molecule has 0 aromatic rings. The second-order valence-electron chi connectivity index (χ2n) is 5.60. The highest BCUT2D eigenvalue weighted by Crippen LogP contribution is 2.33. The number of morpholine rings is 1. The second-order valence-corrected chi connectivity index (χ2v) is 5.60. The maximum Gasteiger partial charge on any atom is 0.228 e. The van der Waals surface area contributed by atoms with Gasteiger partial charge < -0.3 is 25.3 Å². The third-order valence-corrected chi connectivity index (χ3v) is 4.35. The van der Waals surface area contributed by atoms with Crippen LogP contribution in [0.15, 0.2) is 5.16 Å². The molecule has 5 unspecified atom stereocenters. The van der Waals surface area contributed by atoms with E-state index in [0.29, 0.717) is 19.7 Å². The summed E-state index contributed by atoms with van der Waals surface area (Å²) in [6.45, 7) is 7.20. The Morgan fingerprint density at radius 2 is 2.05 bits per heavy atom. The first-order valence-electron chi connectivity index (χ1n) is 6.99. The molecule has 20 heavy (non-hydrogen) atoms. The van der Waals surface area contributed by atoms with Gasteiger partial charge in [-0.1, -0.05) is 12.1 Å². The number of carbonyl (C=O) groups is 1. The van der Waals surface area contributed by atoms with Crippen molar-refractivity contribution in [3.8, 4) is 0 Å². The maximum absolute atomic E-state index is 12.7. The maximum atomic E-state index is 12.7. The van der Waals surface area contributed by atoms with Crippen molar-refractivity contribution in [2.75, 3.05) is 19.7 Å². The zero-order chi connectivity index (χ0) is 14.9. The van der Waals surface area contributed by atoms with Crippen LogP contribution >= 0.6 is 0 Å². The lowest BCUT2D eigenvalue weighted by Crippen LogP contribution is -2.53. The van der Waals surface area contributed by atoms with Gasteiger partial charge in [0, 0.05) is 6.54 Å². The predicted octanol–water partition coefficient (Wildman–Crippen LogP) is 0.0197. The molecule has 1 amide bonds. The van der Waals surface area contributed by atoms with E-state index in [2.05, 4.69) is 5.16 Å². The highest BCUT2D eigenvalue weighted by Gasteiger charge is 2.44. The lowest BCUT2D eigenvalue weighted by atomic mass is 9.88. The minimum absolute atomic E-state index is 0.000336. The lowest BCUT2D eigenvalue weighted by molar-refractivity contribution is -0.143. The smallest absolute Gasteiger partial charge is 0.228 e. The Bertz CT molecular complexity index is 401. The quantitative estimate of drug-likeness (QED) is 0.323. The van der Waals surface area contributed by atoms with Gasteiger partial charge in [-0.05, 0) is 19.8 Å². The van der Waals surface area contributed by atoms with E-state index >= 15 is 0 Å². The molecule has 114 valence electrons. The fraction of sp³-hybridized carbons (Fsp3) is 0.846. The first-order valence-corrected chi connectivity index (χ1v) is 6.99. The van der Waals surface area contributed by atoms with E-state index in [4.69, 9.17) is 20.4 Å². The number of nitrogens with two attached hydrogens (primary N) is 1. The standard InChI is InChI=1S/C13H23N3O4/c1-7-8(2)20-9(3)11(7)13(17)16-4-5-19-10(6-16)12(14)15-18/h7-11,18H,4-6H2,1-3H3,(H2,14,15). The number of oxime groups is 1. The Morgan fingerprint density at radius 1 is 1.35 bits per heavy atom. The number of nitrogens with zero attached hydrogens (tertiary/aromatic N) is 2. The van der Waals surface area contributed by atoms with Gasteiger partial charge in [0.05, 0.1) is 31.3 Å². The van der Waals surface area contributed by atoms with Gasteiger partial charge in [-0.15, -0.1) is 0 Å². The van der Waals surface area contributed by atoms with E-state index in [-0.39, 0.29) is 35.8 Å². The Labute approximate surface area is 118 Å². The molecule has 3 N–H and O–H groups in total. The number of amidine groups is 1. The number of hydrogen-bond donors (Lipinski definition) is 2. The van der Waals surface area contributed by atoms with Gasteiger partial charge >= 0.3 is 0 Å². The second kappa shape index (κ2) is 5.97. The summed E-state index contributed by atoms with van der Waals surface area (Å²) in [6, 6.07) is 0. The summed E-state index contributed by atoms with van der Waals surface area (Å²) in [5.74, 6) is 0.103. The average molecular weight is 285 g/mol. The molecule has 7 nitrogen and oxygen atoms in total. The van der Waals surface area contributed by atoms with Crippen molar-refractivity contribution in [3.05, 3.63) is 0 Å². The zero-order valence-corrected chi connectivity index (χ0v) is 12.2. The molecule has 7 heteroatoms. The van der Waals surface area contributed by atoms with Gasteiger partial charge in [-0.2, -0.15) is 0 Å². The first-order chi connectivity index (χ1) is 9.45. The third-order valence-electron chi connectivity index (χ3n) is 4.35. The van der Waals surface area contributed by atoms with E-state index in [1.807, 2.05) is 20.8 Å². The summed E-state index contributed by atoms with van der Waals surface area (Å²) >= 11 is 0. The van der Waals surface area contributed by atoms with Crippen LogP contribution in [0.4, 0.5) is 0 Å². The van der Waals surface area contributed by atoms with Crippen LogP contribution < -0.4 is 5.73 Å². The van der Waals surface area contributed by atoms with E-state index in [1.165, 1.54) is 0 Å². The summed E-state index contributed by atoms with van der Waals surface area (Å²) in [5.41, 5.74) is 5.55. The molecule has 2 fully saturated rings. The van der Waals surface area contributed by atoms with Crippen LogP contribution in [0.1, 0.15) is 20.8 Å². The van der Waals surface area contributed by atoms with Crippen molar-refractivity contribution < 1.29 is 19.5 Å². The zero-order valence-electron chi connectivity index (χ0n) is 12.2. The van der Waals surface area contributed by atoms with Crippen LogP contribution in [0.3, 0.4) is 0 Å². The van der Waals surface area contributed by atoms with Crippen LogP contribution in [0.25, 0.3) is 0 Å². The van der Waals surface area contributed by atoms with Crippen molar-refractivity contribution in [2.45, 2.75) is 39.1 Å². The Kier molecular flexibility index (Phi) is 4.49. The lowest BCUT2D eigenvalue weighted by Gasteiger charge is -2.35. The van der Waals surface area contributed by atoms with Gasteiger partial charge in [-0.25, -0.2) is 0 Å².